The number of hydrogen-bond acceptors (Lipinski definition) is 5. The molecule has 1 atom stereocenters. The first-order chi connectivity index (χ1) is 20.0. The summed E-state index contributed by atoms with van der Waals surface area (Å²) < 4.78 is 32.9. The van der Waals surface area contributed by atoms with Crippen LogP contribution in [-0.2, 0) is 28.0 Å². The number of aldehydes is 1. The molecule has 1 amide bonds. The molecule has 0 aromatic heterocycles. The van der Waals surface area contributed by atoms with Crippen molar-refractivity contribution in [3.05, 3.63) is 107 Å². The molecule has 1 unspecified atom stereocenters. The van der Waals surface area contributed by atoms with Gasteiger partial charge in [-0.3, -0.25) is 4.90 Å². The van der Waals surface area contributed by atoms with Crippen molar-refractivity contribution >= 4 is 12.4 Å². The molecule has 1 aliphatic heterocycles. The van der Waals surface area contributed by atoms with Crippen molar-refractivity contribution < 1.29 is 23.1 Å². The summed E-state index contributed by atoms with van der Waals surface area (Å²) in [5.74, 6) is -0.456. The molecule has 8 heteroatoms. The summed E-state index contributed by atoms with van der Waals surface area (Å²) in [5.41, 5.74) is 1.74. The van der Waals surface area contributed by atoms with Gasteiger partial charge in [0, 0.05) is 43.2 Å². The van der Waals surface area contributed by atoms with E-state index in [1.807, 2.05) is 25.2 Å². The first-order valence-corrected chi connectivity index (χ1v) is 14.4. The second-order valence-electron chi connectivity index (χ2n) is 11.6. The number of carbonyl (C=O) groups is 2. The maximum absolute atomic E-state index is 14.2. The molecule has 4 rings (SSSR count). The highest BCUT2D eigenvalue weighted by atomic mass is 19.1. The van der Waals surface area contributed by atoms with Crippen LogP contribution in [0, 0.1) is 11.6 Å². The number of nitrogens with zero attached hydrogens (tertiary/aromatic N) is 1. The number of benzene rings is 3. The van der Waals surface area contributed by atoms with Crippen LogP contribution in [-0.4, -0.2) is 49.1 Å². The van der Waals surface area contributed by atoms with E-state index in [4.69, 9.17) is 4.74 Å². The Balaban J connectivity index is 0.000000232. The van der Waals surface area contributed by atoms with Gasteiger partial charge in [0.25, 0.3) is 0 Å². The van der Waals surface area contributed by atoms with E-state index in [9.17, 15) is 18.4 Å². The lowest BCUT2D eigenvalue weighted by atomic mass is 9.80. The zero-order chi connectivity index (χ0) is 30.6. The van der Waals surface area contributed by atoms with E-state index in [2.05, 4.69) is 39.8 Å². The molecular weight excluding hydrogens is 536 g/mol. The highest BCUT2D eigenvalue weighted by Gasteiger charge is 2.36. The monoisotopic (exact) mass is 579 g/mol. The first kappa shape index (κ1) is 32.9. The Hall–Kier alpha value is -3.62. The smallest absolute Gasteiger partial charge is 0.407 e. The van der Waals surface area contributed by atoms with E-state index in [0.29, 0.717) is 11.8 Å². The lowest BCUT2D eigenvalue weighted by Gasteiger charge is -2.42. The SMILES string of the molecule is CC(C)(C)OC(=O)NC(CC=O)Cc1ccccc1F.CNC1(c2ccccc2F)CCN(Cc2ccccc2)CC1. The normalized spacial score (nSPS) is 15.6. The predicted molar refractivity (Wildman–Crippen MR) is 162 cm³/mol. The average Bonchev–Trinajstić information content (AvgIpc) is 2.95. The molecule has 0 radical (unpaired) electrons. The Labute approximate surface area is 248 Å². The number of halogens is 2. The highest BCUT2D eigenvalue weighted by Crippen LogP contribution is 2.34. The fourth-order valence-electron chi connectivity index (χ4n) is 5.15. The van der Waals surface area contributed by atoms with E-state index in [0.717, 1.165) is 38.0 Å². The van der Waals surface area contributed by atoms with Gasteiger partial charge in [-0.2, -0.15) is 0 Å². The van der Waals surface area contributed by atoms with Crippen LogP contribution in [0.4, 0.5) is 13.6 Å². The molecule has 6 nitrogen and oxygen atoms in total. The summed E-state index contributed by atoms with van der Waals surface area (Å²) in [6.07, 6.45) is 2.29. The Morgan fingerprint density at radius 3 is 2.12 bits per heavy atom. The van der Waals surface area contributed by atoms with E-state index in [1.54, 1.807) is 51.1 Å². The van der Waals surface area contributed by atoms with Crippen LogP contribution in [0.15, 0.2) is 78.9 Å². The van der Waals surface area contributed by atoms with Gasteiger partial charge in [0.05, 0.1) is 0 Å². The number of nitrogens with one attached hydrogen (secondary N) is 2. The minimum absolute atomic E-state index is 0.103. The summed E-state index contributed by atoms with van der Waals surface area (Å²) in [6.45, 7) is 8.17. The van der Waals surface area contributed by atoms with Crippen molar-refractivity contribution in [1.29, 1.82) is 0 Å². The van der Waals surface area contributed by atoms with Gasteiger partial charge in [-0.25, -0.2) is 13.6 Å². The molecule has 1 aliphatic rings. The Morgan fingerprint density at radius 2 is 1.55 bits per heavy atom. The molecule has 3 aromatic rings. The van der Waals surface area contributed by atoms with Gasteiger partial charge in [-0.15, -0.1) is 0 Å². The predicted octanol–water partition coefficient (Wildman–Crippen LogP) is 6.39. The van der Waals surface area contributed by atoms with Crippen LogP contribution in [0.2, 0.25) is 0 Å². The Kier molecular flexibility index (Phi) is 12.2. The van der Waals surface area contributed by atoms with E-state index >= 15 is 0 Å². The third-order valence-electron chi connectivity index (χ3n) is 7.35. The molecule has 0 saturated carbocycles. The van der Waals surface area contributed by atoms with Crippen LogP contribution in [0.3, 0.4) is 0 Å². The summed E-state index contributed by atoms with van der Waals surface area (Å²) in [7, 11) is 1.94. The van der Waals surface area contributed by atoms with Gasteiger partial charge in [-0.1, -0.05) is 66.7 Å². The molecule has 2 N–H and O–H groups in total. The fourth-order valence-corrected chi connectivity index (χ4v) is 5.15. The number of ether oxygens (including phenoxy) is 1. The van der Waals surface area contributed by atoms with Gasteiger partial charge < -0.3 is 20.2 Å². The van der Waals surface area contributed by atoms with Crippen LogP contribution in [0.5, 0.6) is 0 Å². The standard InChI is InChI=1S/C19H23FN2.C15H20FNO3/c1-21-19(17-9-5-6-10-18(17)20)11-13-22(14-12-19)15-16-7-3-2-4-8-16;1-15(2,3)20-14(19)17-12(8-9-18)10-11-6-4-5-7-13(11)16/h2-10,21H,11-15H2,1H3;4-7,9,12H,8,10H2,1-3H3,(H,17,19). The molecule has 1 fully saturated rings. The number of carbonyl (C=O) groups excluding carboxylic acids is 2. The Morgan fingerprint density at radius 1 is 0.952 bits per heavy atom. The van der Waals surface area contributed by atoms with Crippen molar-refractivity contribution in [2.45, 2.75) is 70.2 Å². The van der Waals surface area contributed by atoms with Crippen LogP contribution in [0.1, 0.15) is 56.7 Å². The molecule has 226 valence electrons. The molecule has 0 bridgehead atoms. The van der Waals surface area contributed by atoms with Crippen molar-refractivity contribution in [2.75, 3.05) is 20.1 Å². The number of hydrogen-bond donors (Lipinski definition) is 2. The largest absolute Gasteiger partial charge is 0.444 e. The van der Waals surface area contributed by atoms with Crippen LogP contribution in [0.25, 0.3) is 0 Å². The van der Waals surface area contributed by atoms with Crippen molar-refractivity contribution in [1.82, 2.24) is 15.5 Å². The van der Waals surface area contributed by atoms with Crippen LogP contribution < -0.4 is 10.6 Å². The van der Waals surface area contributed by atoms with Gasteiger partial charge in [0.2, 0.25) is 0 Å². The van der Waals surface area contributed by atoms with E-state index in [1.165, 1.54) is 11.6 Å². The third-order valence-corrected chi connectivity index (χ3v) is 7.35. The molecule has 0 spiro atoms. The number of rotatable bonds is 9. The van der Waals surface area contributed by atoms with Crippen molar-refractivity contribution in [3.8, 4) is 0 Å². The summed E-state index contributed by atoms with van der Waals surface area (Å²) in [5, 5.41) is 5.98. The summed E-state index contributed by atoms with van der Waals surface area (Å²) >= 11 is 0. The highest BCUT2D eigenvalue weighted by molar-refractivity contribution is 5.69. The lowest BCUT2D eigenvalue weighted by molar-refractivity contribution is -0.108. The van der Waals surface area contributed by atoms with Crippen molar-refractivity contribution in [2.24, 2.45) is 0 Å². The topological polar surface area (TPSA) is 70.7 Å². The maximum atomic E-state index is 14.2. The van der Waals surface area contributed by atoms with Gasteiger partial charge in [0.1, 0.15) is 23.5 Å². The molecule has 1 saturated heterocycles. The summed E-state index contributed by atoms with van der Waals surface area (Å²) in [4.78, 5) is 24.8. The average molecular weight is 580 g/mol. The second-order valence-corrected chi connectivity index (χ2v) is 11.6. The van der Waals surface area contributed by atoms with E-state index < -0.39 is 17.7 Å². The second kappa shape index (κ2) is 15.6. The molecule has 42 heavy (non-hydrogen) atoms. The van der Waals surface area contributed by atoms with Gasteiger partial charge >= 0.3 is 6.09 Å². The molecule has 1 heterocycles. The summed E-state index contributed by atoms with van der Waals surface area (Å²) in [6, 6.07) is 23.5. The van der Waals surface area contributed by atoms with Crippen LogP contribution >= 0.6 is 0 Å². The number of alkyl carbamates (subject to hydrolysis) is 1. The molecular formula is C34H43F2N3O3. The Bertz CT molecular complexity index is 1270. The number of piperidine rings is 1. The lowest BCUT2D eigenvalue weighted by Crippen LogP contribution is -2.50. The quantitative estimate of drug-likeness (QED) is 0.288. The minimum atomic E-state index is -0.617. The van der Waals surface area contributed by atoms with Crippen molar-refractivity contribution in [3.63, 3.8) is 0 Å². The zero-order valence-corrected chi connectivity index (χ0v) is 25.0. The molecule has 0 aliphatic carbocycles. The molecule has 3 aromatic carbocycles. The van der Waals surface area contributed by atoms with Gasteiger partial charge in [0.15, 0.2) is 0 Å². The van der Waals surface area contributed by atoms with Gasteiger partial charge in [-0.05, 0) is 70.3 Å². The zero-order valence-electron chi connectivity index (χ0n) is 25.0. The third kappa shape index (κ3) is 10.0. The minimum Gasteiger partial charge on any atom is -0.444 e. The fraction of sp³-hybridized carbons (Fsp3) is 0.412. The van der Waals surface area contributed by atoms with E-state index in [-0.39, 0.29) is 30.0 Å². The first-order valence-electron chi connectivity index (χ1n) is 14.4. The number of amides is 1. The number of likely N-dealkylation sites (tertiary alicyclic amines) is 1. The maximum Gasteiger partial charge on any atom is 0.407 e.